The van der Waals surface area contributed by atoms with Gasteiger partial charge < -0.3 is 15.0 Å². The molecule has 1 atom stereocenters. The molecule has 1 N–H and O–H groups in total. The van der Waals surface area contributed by atoms with Crippen molar-refractivity contribution in [1.29, 1.82) is 0 Å². The van der Waals surface area contributed by atoms with E-state index in [-0.39, 0.29) is 0 Å². The Kier molecular flexibility index (Phi) is 6.51. The molecular formula is C17H28N2O. The van der Waals surface area contributed by atoms with Crippen LogP contribution in [0.5, 0.6) is 0 Å². The van der Waals surface area contributed by atoms with Crippen molar-refractivity contribution in [3.63, 3.8) is 0 Å². The minimum atomic E-state index is 0.445. The average molecular weight is 276 g/mol. The van der Waals surface area contributed by atoms with Gasteiger partial charge in [-0.1, -0.05) is 37.3 Å². The van der Waals surface area contributed by atoms with Gasteiger partial charge in [0.15, 0.2) is 0 Å². The molecule has 20 heavy (non-hydrogen) atoms. The van der Waals surface area contributed by atoms with E-state index in [0.717, 1.165) is 25.6 Å². The van der Waals surface area contributed by atoms with E-state index in [1.165, 1.54) is 31.5 Å². The predicted octanol–water partition coefficient (Wildman–Crippen LogP) is 2.70. The van der Waals surface area contributed by atoms with Crippen LogP contribution in [0.1, 0.15) is 31.4 Å². The lowest BCUT2D eigenvalue weighted by Gasteiger charge is -2.34. The zero-order chi connectivity index (χ0) is 14.2. The van der Waals surface area contributed by atoms with Crippen LogP contribution in [0.4, 0.5) is 0 Å². The normalized spacial score (nSPS) is 19.1. The first-order valence-corrected chi connectivity index (χ1v) is 7.83. The standard InChI is InChI=1S/C17H28N2O/c1-3-18-17(16-7-5-4-6-8-16)13-19-11-9-15(10-12-19)14-20-2/h4-8,15,17-18H,3,9-14H2,1-2H3. The molecule has 0 aliphatic carbocycles. The highest BCUT2D eigenvalue weighted by Crippen LogP contribution is 2.20. The maximum absolute atomic E-state index is 5.27. The number of rotatable bonds is 7. The summed E-state index contributed by atoms with van der Waals surface area (Å²) in [4.78, 5) is 2.59. The summed E-state index contributed by atoms with van der Waals surface area (Å²) in [6.07, 6.45) is 2.53. The summed E-state index contributed by atoms with van der Waals surface area (Å²) in [7, 11) is 1.81. The van der Waals surface area contributed by atoms with E-state index >= 15 is 0 Å². The molecule has 1 fully saturated rings. The quantitative estimate of drug-likeness (QED) is 0.828. The molecule has 0 radical (unpaired) electrons. The van der Waals surface area contributed by atoms with Crippen molar-refractivity contribution in [3.05, 3.63) is 35.9 Å². The molecule has 1 aromatic carbocycles. The highest BCUT2D eigenvalue weighted by Gasteiger charge is 2.21. The molecule has 1 aliphatic rings. The van der Waals surface area contributed by atoms with Crippen LogP contribution in [-0.4, -0.2) is 44.8 Å². The number of hydrogen-bond acceptors (Lipinski definition) is 3. The molecule has 1 aromatic rings. The fourth-order valence-corrected chi connectivity index (χ4v) is 3.05. The number of piperidine rings is 1. The monoisotopic (exact) mass is 276 g/mol. The molecule has 0 bridgehead atoms. The number of likely N-dealkylation sites (tertiary alicyclic amines) is 1. The molecule has 0 spiro atoms. The van der Waals surface area contributed by atoms with E-state index in [4.69, 9.17) is 4.74 Å². The third-order valence-corrected chi connectivity index (χ3v) is 4.20. The van der Waals surface area contributed by atoms with Crippen LogP contribution in [0.25, 0.3) is 0 Å². The fraction of sp³-hybridized carbons (Fsp3) is 0.647. The van der Waals surface area contributed by atoms with Gasteiger partial charge in [0.1, 0.15) is 0 Å². The molecule has 0 aromatic heterocycles. The second kappa shape index (κ2) is 8.40. The van der Waals surface area contributed by atoms with Gasteiger partial charge in [0.2, 0.25) is 0 Å². The van der Waals surface area contributed by atoms with Gasteiger partial charge in [-0.25, -0.2) is 0 Å². The summed E-state index contributed by atoms with van der Waals surface area (Å²) in [5, 5.41) is 3.62. The number of methoxy groups -OCH3 is 1. The minimum absolute atomic E-state index is 0.445. The van der Waals surface area contributed by atoms with Gasteiger partial charge in [0.05, 0.1) is 0 Å². The van der Waals surface area contributed by atoms with Gasteiger partial charge in [-0.05, 0) is 44.0 Å². The van der Waals surface area contributed by atoms with E-state index in [9.17, 15) is 0 Å². The van der Waals surface area contributed by atoms with Gasteiger partial charge in [0.25, 0.3) is 0 Å². The van der Waals surface area contributed by atoms with Gasteiger partial charge in [-0.2, -0.15) is 0 Å². The summed E-state index contributed by atoms with van der Waals surface area (Å²) in [5.41, 5.74) is 1.40. The first-order valence-electron chi connectivity index (χ1n) is 7.83. The minimum Gasteiger partial charge on any atom is -0.384 e. The molecule has 1 unspecified atom stereocenters. The SMILES string of the molecule is CCNC(CN1CCC(COC)CC1)c1ccccc1. The molecule has 3 heteroatoms. The molecular weight excluding hydrogens is 248 g/mol. The maximum atomic E-state index is 5.27. The van der Waals surface area contributed by atoms with Crippen LogP contribution in [-0.2, 0) is 4.74 Å². The molecule has 3 nitrogen and oxygen atoms in total. The highest BCUT2D eigenvalue weighted by atomic mass is 16.5. The Hall–Kier alpha value is -0.900. The molecule has 0 amide bonds. The van der Waals surface area contributed by atoms with Crippen LogP contribution in [0, 0.1) is 5.92 Å². The van der Waals surface area contributed by atoms with Gasteiger partial charge in [0, 0.05) is 26.3 Å². The second-order valence-corrected chi connectivity index (χ2v) is 5.72. The van der Waals surface area contributed by atoms with Gasteiger partial charge in [-0.3, -0.25) is 0 Å². The summed E-state index contributed by atoms with van der Waals surface area (Å²) in [6.45, 7) is 7.62. The Morgan fingerprint density at radius 1 is 1.25 bits per heavy atom. The van der Waals surface area contributed by atoms with Crippen molar-refractivity contribution in [3.8, 4) is 0 Å². The Morgan fingerprint density at radius 3 is 2.55 bits per heavy atom. The Morgan fingerprint density at radius 2 is 1.95 bits per heavy atom. The first kappa shape index (κ1) is 15.5. The van der Waals surface area contributed by atoms with Crippen molar-refractivity contribution in [2.24, 2.45) is 5.92 Å². The third kappa shape index (κ3) is 4.58. The van der Waals surface area contributed by atoms with Crippen LogP contribution < -0.4 is 5.32 Å². The number of hydrogen-bond donors (Lipinski definition) is 1. The van der Waals surface area contributed by atoms with Crippen molar-refractivity contribution in [2.45, 2.75) is 25.8 Å². The largest absolute Gasteiger partial charge is 0.384 e. The molecule has 1 heterocycles. The Labute approximate surface area is 123 Å². The van der Waals surface area contributed by atoms with Crippen molar-refractivity contribution >= 4 is 0 Å². The summed E-state index contributed by atoms with van der Waals surface area (Å²) >= 11 is 0. The number of nitrogens with one attached hydrogen (secondary N) is 1. The lowest BCUT2D eigenvalue weighted by molar-refractivity contribution is 0.0953. The molecule has 1 aliphatic heterocycles. The lowest BCUT2D eigenvalue weighted by Crippen LogP contribution is -2.40. The lowest BCUT2D eigenvalue weighted by atomic mass is 9.96. The molecule has 0 saturated carbocycles. The Bertz CT molecular complexity index is 361. The second-order valence-electron chi connectivity index (χ2n) is 5.72. The number of ether oxygens (including phenoxy) is 1. The Balaban J connectivity index is 1.87. The summed E-state index contributed by atoms with van der Waals surface area (Å²) in [6, 6.07) is 11.2. The van der Waals surface area contributed by atoms with Crippen LogP contribution in [0.15, 0.2) is 30.3 Å². The maximum Gasteiger partial charge on any atom is 0.0491 e. The van der Waals surface area contributed by atoms with Gasteiger partial charge >= 0.3 is 0 Å². The average Bonchev–Trinajstić information content (AvgIpc) is 2.50. The van der Waals surface area contributed by atoms with Crippen molar-refractivity contribution < 1.29 is 4.74 Å². The van der Waals surface area contributed by atoms with Crippen LogP contribution in [0.3, 0.4) is 0 Å². The number of benzene rings is 1. The topological polar surface area (TPSA) is 24.5 Å². The van der Waals surface area contributed by atoms with Crippen LogP contribution in [0.2, 0.25) is 0 Å². The zero-order valence-electron chi connectivity index (χ0n) is 12.8. The van der Waals surface area contributed by atoms with E-state index in [0.29, 0.717) is 6.04 Å². The highest BCUT2D eigenvalue weighted by molar-refractivity contribution is 5.19. The van der Waals surface area contributed by atoms with E-state index in [1.807, 2.05) is 7.11 Å². The fourth-order valence-electron chi connectivity index (χ4n) is 3.05. The summed E-state index contributed by atoms with van der Waals surface area (Å²) in [5.74, 6) is 0.755. The van der Waals surface area contributed by atoms with E-state index in [2.05, 4.69) is 47.5 Å². The van der Waals surface area contributed by atoms with Crippen LogP contribution >= 0.6 is 0 Å². The van der Waals surface area contributed by atoms with Crippen molar-refractivity contribution in [2.75, 3.05) is 39.9 Å². The van der Waals surface area contributed by atoms with Crippen molar-refractivity contribution in [1.82, 2.24) is 10.2 Å². The number of likely N-dealkylation sites (N-methyl/N-ethyl adjacent to an activating group) is 1. The van der Waals surface area contributed by atoms with E-state index in [1.54, 1.807) is 0 Å². The summed E-state index contributed by atoms with van der Waals surface area (Å²) < 4.78 is 5.27. The predicted molar refractivity (Wildman–Crippen MR) is 83.9 cm³/mol. The smallest absolute Gasteiger partial charge is 0.0491 e. The van der Waals surface area contributed by atoms with Gasteiger partial charge in [-0.15, -0.1) is 0 Å². The first-order chi connectivity index (χ1) is 9.83. The van der Waals surface area contributed by atoms with E-state index < -0.39 is 0 Å². The molecule has 1 saturated heterocycles. The number of nitrogens with zero attached hydrogens (tertiary/aromatic N) is 1. The molecule has 112 valence electrons. The third-order valence-electron chi connectivity index (χ3n) is 4.20. The zero-order valence-corrected chi connectivity index (χ0v) is 12.8. The molecule has 2 rings (SSSR count).